The van der Waals surface area contributed by atoms with Gasteiger partial charge in [-0.15, -0.1) is 0 Å². The van der Waals surface area contributed by atoms with Gasteiger partial charge in [-0.3, -0.25) is 0 Å². The SMILES string of the molecule is COc1cccc(-c2cc(C(F)(F)F)nc(-n3nc(-c4ccc(Cl)cc4)cc3-c3ccc(Cl)cc3)n2)c1. The van der Waals surface area contributed by atoms with Crippen molar-refractivity contribution in [2.45, 2.75) is 6.18 Å². The smallest absolute Gasteiger partial charge is 0.433 e. The van der Waals surface area contributed by atoms with Crippen molar-refractivity contribution in [3.8, 4) is 45.5 Å². The van der Waals surface area contributed by atoms with Crippen molar-refractivity contribution in [3.05, 3.63) is 101 Å². The lowest BCUT2D eigenvalue weighted by molar-refractivity contribution is -0.141. The van der Waals surface area contributed by atoms with E-state index in [1.165, 1.54) is 11.8 Å². The van der Waals surface area contributed by atoms with Crippen LogP contribution in [0.4, 0.5) is 13.2 Å². The van der Waals surface area contributed by atoms with Crippen LogP contribution in [0.1, 0.15) is 5.69 Å². The number of methoxy groups -OCH3 is 1. The third-order valence-electron chi connectivity index (χ3n) is 5.55. The molecule has 0 fully saturated rings. The number of hydrogen-bond acceptors (Lipinski definition) is 4. The third kappa shape index (κ3) is 5.30. The summed E-state index contributed by atoms with van der Waals surface area (Å²) in [6.07, 6.45) is -4.71. The molecule has 2 aromatic heterocycles. The van der Waals surface area contributed by atoms with Gasteiger partial charge in [0.25, 0.3) is 5.95 Å². The molecule has 0 aliphatic rings. The first-order valence-corrected chi connectivity index (χ1v) is 11.7. The molecule has 5 aromatic rings. The summed E-state index contributed by atoms with van der Waals surface area (Å²) in [5.41, 5.74) is 1.79. The normalized spacial score (nSPS) is 11.5. The number of aromatic nitrogens is 4. The Morgan fingerprint density at radius 2 is 1.38 bits per heavy atom. The summed E-state index contributed by atoms with van der Waals surface area (Å²) < 4.78 is 48.3. The van der Waals surface area contributed by atoms with Gasteiger partial charge in [0.15, 0.2) is 5.69 Å². The van der Waals surface area contributed by atoms with E-state index in [0.717, 1.165) is 11.6 Å². The van der Waals surface area contributed by atoms with Gasteiger partial charge in [-0.05, 0) is 48.5 Å². The molecule has 0 saturated carbocycles. The Morgan fingerprint density at radius 1 is 0.730 bits per heavy atom. The Balaban J connectivity index is 1.74. The molecule has 2 heterocycles. The first-order chi connectivity index (χ1) is 17.7. The quantitative estimate of drug-likeness (QED) is 0.226. The molecule has 37 heavy (non-hydrogen) atoms. The van der Waals surface area contributed by atoms with Crippen LogP contribution in [0.2, 0.25) is 10.0 Å². The van der Waals surface area contributed by atoms with Gasteiger partial charge in [0, 0.05) is 26.7 Å². The highest BCUT2D eigenvalue weighted by molar-refractivity contribution is 6.30. The molecule has 0 atom stereocenters. The summed E-state index contributed by atoms with van der Waals surface area (Å²) in [6.45, 7) is 0. The van der Waals surface area contributed by atoms with E-state index in [-0.39, 0.29) is 11.6 Å². The highest BCUT2D eigenvalue weighted by Crippen LogP contribution is 2.34. The lowest BCUT2D eigenvalue weighted by atomic mass is 10.1. The zero-order valence-corrected chi connectivity index (χ0v) is 20.7. The van der Waals surface area contributed by atoms with Gasteiger partial charge < -0.3 is 4.74 Å². The van der Waals surface area contributed by atoms with Gasteiger partial charge in [-0.2, -0.15) is 23.0 Å². The maximum atomic E-state index is 13.9. The standard InChI is InChI=1S/C27H17Cl2F3N4O/c1-37-21-4-2-3-18(13-21)22-15-25(27(30,31)32)34-26(33-22)36-24(17-7-11-20(29)12-8-17)14-23(35-36)16-5-9-19(28)10-6-16/h2-15H,1H3. The molecular weight excluding hydrogens is 524 g/mol. The zero-order chi connectivity index (χ0) is 26.2. The largest absolute Gasteiger partial charge is 0.497 e. The van der Waals surface area contributed by atoms with Gasteiger partial charge >= 0.3 is 6.18 Å². The van der Waals surface area contributed by atoms with E-state index < -0.39 is 11.9 Å². The molecule has 0 aliphatic heterocycles. The fourth-order valence-electron chi connectivity index (χ4n) is 3.73. The van der Waals surface area contributed by atoms with Crippen LogP contribution in [-0.2, 0) is 6.18 Å². The molecule has 3 aromatic carbocycles. The van der Waals surface area contributed by atoms with E-state index in [9.17, 15) is 13.2 Å². The minimum Gasteiger partial charge on any atom is -0.497 e. The highest BCUT2D eigenvalue weighted by atomic mass is 35.5. The van der Waals surface area contributed by atoms with Crippen LogP contribution in [0, 0.1) is 0 Å². The Morgan fingerprint density at radius 3 is 2.00 bits per heavy atom. The molecule has 5 rings (SSSR count). The van der Waals surface area contributed by atoms with Crippen LogP contribution in [0.25, 0.3) is 39.7 Å². The summed E-state index contributed by atoms with van der Waals surface area (Å²) >= 11 is 12.1. The van der Waals surface area contributed by atoms with Crippen molar-refractivity contribution in [2.75, 3.05) is 7.11 Å². The molecule has 0 amide bonds. The van der Waals surface area contributed by atoms with Crippen LogP contribution in [0.3, 0.4) is 0 Å². The Bertz CT molecular complexity index is 1570. The second-order valence-electron chi connectivity index (χ2n) is 8.01. The van der Waals surface area contributed by atoms with Crippen LogP contribution in [0.15, 0.2) is 84.9 Å². The predicted octanol–water partition coefficient (Wildman–Crippen LogP) is 8.00. The van der Waals surface area contributed by atoms with Crippen molar-refractivity contribution >= 4 is 23.2 Å². The second-order valence-corrected chi connectivity index (χ2v) is 8.88. The molecule has 10 heteroatoms. The molecule has 186 valence electrons. The molecule has 0 radical (unpaired) electrons. The third-order valence-corrected chi connectivity index (χ3v) is 6.05. The second kappa shape index (κ2) is 9.88. The monoisotopic (exact) mass is 540 g/mol. The summed E-state index contributed by atoms with van der Waals surface area (Å²) in [6, 6.07) is 23.1. The van der Waals surface area contributed by atoms with Gasteiger partial charge in [-0.25, -0.2) is 9.97 Å². The van der Waals surface area contributed by atoms with Crippen LogP contribution < -0.4 is 4.74 Å². The Labute approximate surface area is 220 Å². The van der Waals surface area contributed by atoms with Gasteiger partial charge in [0.2, 0.25) is 0 Å². The molecule has 0 aliphatic carbocycles. The van der Waals surface area contributed by atoms with E-state index >= 15 is 0 Å². The summed E-state index contributed by atoms with van der Waals surface area (Å²) in [5, 5.41) is 5.66. The molecule has 5 nitrogen and oxygen atoms in total. The average Bonchev–Trinajstić information content (AvgIpc) is 3.34. The van der Waals surface area contributed by atoms with E-state index in [0.29, 0.717) is 38.3 Å². The average molecular weight is 541 g/mol. The Kier molecular flexibility index (Phi) is 6.62. The molecule has 0 spiro atoms. The fourth-order valence-corrected chi connectivity index (χ4v) is 3.98. The van der Waals surface area contributed by atoms with Crippen molar-refractivity contribution in [3.63, 3.8) is 0 Å². The van der Waals surface area contributed by atoms with E-state index in [2.05, 4.69) is 15.1 Å². The number of halogens is 5. The van der Waals surface area contributed by atoms with E-state index in [1.807, 2.05) is 0 Å². The van der Waals surface area contributed by atoms with E-state index in [4.69, 9.17) is 27.9 Å². The summed E-state index contributed by atoms with van der Waals surface area (Å²) in [5.74, 6) is 0.245. The number of hydrogen-bond donors (Lipinski definition) is 0. The molecule has 0 N–H and O–H groups in total. The van der Waals surface area contributed by atoms with Gasteiger partial charge in [0.1, 0.15) is 5.75 Å². The first-order valence-electron chi connectivity index (χ1n) is 10.9. The number of alkyl halides is 3. The Hall–Kier alpha value is -3.88. The van der Waals surface area contributed by atoms with Crippen molar-refractivity contribution in [1.82, 2.24) is 19.7 Å². The number of rotatable bonds is 5. The molecular formula is C27H17Cl2F3N4O. The van der Waals surface area contributed by atoms with Crippen LogP contribution >= 0.6 is 23.2 Å². The van der Waals surface area contributed by atoms with Crippen molar-refractivity contribution in [2.24, 2.45) is 0 Å². The fraction of sp³-hybridized carbons (Fsp3) is 0.0741. The lowest BCUT2D eigenvalue weighted by Crippen LogP contribution is -2.14. The van der Waals surface area contributed by atoms with E-state index in [1.54, 1.807) is 78.9 Å². The molecule has 0 bridgehead atoms. The summed E-state index contributed by atoms with van der Waals surface area (Å²) in [4.78, 5) is 8.33. The predicted molar refractivity (Wildman–Crippen MR) is 137 cm³/mol. The molecule has 0 saturated heterocycles. The van der Waals surface area contributed by atoms with Gasteiger partial charge in [0.05, 0.1) is 24.2 Å². The molecule has 0 unspecified atom stereocenters. The minimum absolute atomic E-state index is 0.0711. The number of ether oxygens (including phenoxy) is 1. The first kappa shape index (κ1) is 24.8. The maximum Gasteiger partial charge on any atom is 0.433 e. The zero-order valence-electron chi connectivity index (χ0n) is 19.2. The topological polar surface area (TPSA) is 52.8 Å². The van der Waals surface area contributed by atoms with Crippen LogP contribution in [0.5, 0.6) is 5.75 Å². The van der Waals surface area contributed by atoms with Crippen molar-refractivity contribution in [1.29, 1.82) is 0 Å². The highest BCUT2D eigenvalue weighted by Gasteiger charge is 2.34. The minimum atomic E-state index is -4.71. The van der Waals surface area contributed by atoms with Gasteiger partial charge in [-0.1, -0.05) is 59.6 Å². The summed E-state index contributed by atoms with van der Waals surface area (Å²) in [7, 11) is 1.48. The van der Waals surface area contributed by atoms with Crippen molar-refractivity contribution < 1.29 is 17.9 Å². The maximum absolute atomic E-state index is 13.9. The number of nitrogens with zero attached hydrogens (tertiary/aromatic N) is 4. The van der Waals surface area contributed by atoms with Crippen LogP contribution in [-0.4, -0.2) is 26.9 Å². The lowest BCUT2D eigenvalue weighted by Gasteiger charge is -2.13. The number of benzene rings is 3.